The third-order valence-electron chi connectivity index (χ3n) is 4.48. The van der Waals surface area contributed by atoms with Crippen molar-refractivity contribution in [2.24, 2.45) is 5.73 Å². The van der Waals surface area contributed by atoms with E-state index in [2.05, 4.69) is 0 Å². The smallest absolute Gasteiger partial charge is 0.244 e. The van der Waals surface area contributed by atoms with Crippen LogP contribution in [-0.2, 0) is 17.6 Å². The van der Waals surface area contributed by atoms with Gasteiger partial charge < -0.3 is 20.5 Å². The predicted molar refractivity (Wildman–Crippen MR) is 98.5 cm³/mol. The van der Waals surface area contributed by atoms with E-state index in [-0.39, 0.29) is 11.7 Å². The third-order valence-corrected chi connectivity index (χ3v) is 4.83. The molecular formula is C19H21ClN2O3. The molecule has 1 atom stereocenters. The van der Waals surface area contributed by atoms with E-state index >= 15 is 0 Å². The maximum atomic E-state index is 12.9. The number of halogens is 1. The number of rotatable bonds is 4. The summed E-state index contributed by atoms with van der Waals surface area (Å²) in [6.07, 6.45) is 2.01. The number of nitrogens with two attached hydrogens (primary N) is 1. The predicted octanol–water partition coefficient (Wildman–Crippen LogP) is 2.90. The number of hydrogen-bond donors (Lipinski definition) is 2. The van der Waals surface area contributed by atoms with Crippen LogP contribution in [-0.4, -0.2) is 30.7 Å². The summed E-state index contributed by atoms with van der Waals surface area (Å²) in [6, 6.07) is 9.89. The molecule has 0 bridgehead atoms. The number of benzene rings is 2. The highest BCUT2D eigenvalue weighted by molar-refractivity contribution is 6.31. The number of carbonyl (C=O) groups excluding carboxylic acids is 1. The Labute approximate surface area is 152 Å². The third kappa shape index (κ3) is 3.57. The van der Waals surface area contributed by atoms with E-state index < -0.39 is 6.04 Å². The van der Waals surface area contributed by atoms with E-state index in [4.69, 9.17) is 22.1 Å². The molecule has 5 nitrogen and oxygen atoms in total. The molecule has 1 aliphatic heterocycles. The summed E-state index contributed by atoms with van der Waals surface area (Å²) in [5.41, 5.74) is 8.50. The highest BCUT2D eigenvalue weighted by Crippen LogP contribution is 2.35. The Morgan fingerprint density at radius 1 is 1.40 bits per heavy atom. The van der Waals surface area contributed by atoms with Crippen molar-refractivity contribution in [1.29, 1.82) is 0 Å². The van der Waals surface area contributed by atoms with Crippen LogP contribution in [0.5, 0.6) is 11.5 Å². The van der Waals surface area contributed by atoms with Gasteiger partial charge in [0.1, 0.15) is 11.5 Å². The standard InChI is InChI=1S/C19H21ClN2O3/c1-25-14-8-7-13(15(20)11-14)10-16(21)19(24)22-9-3-5-12-4-2-6-17(23)18(12)22/h2,4,6-8,11,16,23H,3,5,9-10,21H2,1H3. The Morgan fingerprint density at radius 2 is 2.20 bits per heavy atom. The minimum Gasteiger partial charge on any atom is -0.506 e. The van der Waals surface area contributed by atoms with Gasteiger partial charge >= 0.3 is 0 Å². The van der Waals surface area contributed by atoms with Crippen molar-refractivity contribution in [3.05, 3.63) is 52.5 Å². The molecule has 3 rings (SSSR count). The number of nitrogens with zero attached hydrogens (tertiary/aromatic N) is 1. The Bertz CT molecular complexity index is 794. The van der Waals surface area contributed by atoms with Crippen LogP contribution in [0.1, 0.15) is 17.5 Å². The summed E-state index contributed by atoms with van der Waals surface area (Å²) in [7, 11) is 1.57. The Hall–Kier alpha value is -2.24. The van der Waals surface area contributed by atoms with Gasteiger partial charge in [-0.25, -0.2) is 0 Å². The maximum absolute atomic E-state index is 12.9. The van der Waals surface area contributed by atoms with Gasteiger partial charge in [-0.15, -0.1) is 0 Å². The van der Waals surface area contributed by atoms with Gasteiger partial charge in [-0.2, -0.15) is 0 Å². The van der Waals surface area contributed by atoms with Crippen molar-refractivity contribution in [1.82, 2.24) is 0 Å². The molecule has 0 saturated heterocycles. The van der Waals surface area contributed by atoms with E-state index in [9.17, 15) is 9.90 Å². The molecule has 2 aromatic carbocycles. The number of anilines is 1. The maximum Gasteiger partial charge on any atom is 0.244 e. The van der Waals surface area contributed by atoms with Crippen LogP contribution in [0, 0.1) is 0 Å². The lowest BCUT2D eigenvalue weighted by molar-refractivity contribution is -0.119. The first kappa shape index (κ1) is 17.6. The second-order valence-electron chi connectivity index (χ2n) is 6.15. The molecule has 6 heteroatoms. The second-order valence-corrected chi connectivity index (χ2v) is 6.55. The largest absolute Gasteiger partial charge is 0.506 e. The highest BCUT2D eigenvalue weighted by Gasteiger charge is 2.29. The SMILES string of the molecule is COc1ccc(CC(N)C(=O)N2CCCc3cccc(O)c32)c(Cl)c1. The Balaban J connectivity index is 1.80. The fourth-order valence-corrected chi connectivity index (χ4v) is 3.44. The number of ether oxygens (including phenoxy) is 1. The average molecular weight is 361 g/mol. The quantitative estimate of drug-likeness (QED) is 0.879. The zero-order valence-electron chi connectivity index (χ0n) is 14.0. The number of fused-ring (bicyclic) bond motifs is 1. The molecule has 0 saturated carbocycles. The van der Waals surface area contributed by atoms with E-state index in [0.717, 1.165) is 24.0 Å². The van der Waals surface area contributed by atoms with Crippen LogP contribution in [0.2, 0.25) is 5.02 Å². The lowest BCUT2D eigenvalue weighted by Crippen LogP contribution is -2.47. The van der Waals surface area contributed by atoms with Crippen molar-refractivity contribution in [3.63, 3.8) is 0 Å². The summed E-state index contributed by atoms with van der Waals surface area (Å²) in [4.78, 5) is 14.5. The second kappa shape index (κ2) is 7.33. The van der Waals surface area contributed by atoms with Crippen LogP contribution in [0.25, 0.3) is 0 Å². The minimum atomic E-state index is -0.739. The number of aryl methyl sites for hydroxylation is 1. The normalized spacial score (nSPS) is 14.8. The molecule has 25 heavy (non-hydrogen) atoms. The van der Waals surface area contributed by atoms with E-state index in [1.807, 2.05) is 12.1 Å². The first-order valence-corrected chi connectivity index (χ1v) is 8.59. The summed E-state index contributed by atoms with van der Waals surface area (Å²) in [5, 5.41) is 10.7. The molecule has 2 aromatic rings. The van der Waals surface area contributed by atoms with Gasteiger partial charge in [0.25, 0.3) is 0 Å². The first-order chi connectivity index (χ1) is 12.0. The lowest BCUT2D eigenvalue weighted by atomic mass is 9.98. The Kier molecular flexibility index (Phi) is 5.16. The molecule has 3 N–H and O–H groups in total. The molecule has 0 radical (unpaired) electrons. The summed E-state index contributed by atoms with van der Waals surface area (Å²) in [5.74, 6) is 0.554. The molecule has 132 valence electrons. The molecule has 1 heterocycles. The number of methoxy groups -OCH3 is 1. The van der Waals surface area contributed by atoms with Crippen LogP contribution in [0.3, 0.4) is 0 Å². The van der Waals surface area contributed by atoms with E-state index in [1.54, 1.807) is 36.3 Å². The molecule has 0 aliphatic carbocycles. The molecule has 1 aliphatic rings. The number of hydrogen-bond acceptors (Lipinski definition) is 4. The fraction of sp³-hybridized carbons (Fsp3) is 0.316. The lowest BCUT2D eigenvalue weighted by Gasteiger charge is -2.32. The summed E-state index contributed by atoms with van der Waals surface area (Å²) >= 11 is 6.25. The van der Waals surface area contributed by atoms with Gasteiger partial charge in [0.15, 0.2) is 0 Å². The van der Waals surface area contributed by atoms with Crippen molar-refractivity contribution >= 4 is 23.2 Å². The summed E-state index contributed by atoms with van der Waals surface area (Å²) in [6.45, 7) is 0.549. The highest BCUT2D eigenvalue weighted by atomic mass is 35.5. The van der Waals surface area contributed by atoms with Gasteiger partial charge in [0, 0.05) is 11.6 Å². The number of carbonyl (C=O) groups is 1. The van der Waals surface area contributed by atoms with Crippen molar-refractivity contribution in [3.8, 4) is 11.5 Å². The fourth-order valence-electron chi connectivity index (χ4n) is 3.20. The van der Waals surface area contributed by atoms with E-state index in [0.29, 0.717) is 29.4 Å². The topological polar surface area (TPSA) is 75.8 Å². The average Bonchev–Trinajstić information content (AvgIpc) is 2.62. The van der Waals surface area contributed by atoms with E-state index in [1.165, 1.54) is 0 Å². The van der Waals surface area contributed by atoms with Crippen LogP contribution in [0.15, 0.2) is 36.4 Å². The molecular weight excluding hydrogens is 340 g/mol. The molecule has 0 fully saturated rings. The van der Waals surface area contributed by atoms with Crippen molar-refractivity contribution < 1.29 is 14.6 Å². The number of aromatic hydroxyl groups is 1. The zero-order valence-corrected chi connectivity index (χ0v) is 14.8. The van der Waals surface area contributed by atoms with Crippen LogP contribution < -0.4 is 15.4 Å². The number of phenolic OH excluding ortho intramolecular Hbond substituents is 1. The van der Waals surface area contributed by atoms with Gasteiger partial charge in [0.05, 0.1) is 18.8 Å². The zero-order chi connectivity index (χ0) is 18.0. The number of para-hydroxylation sites is 1. The first-order valence-electron chi connectivity index (χ1n) is 8.21. The number of amides is 1. The van der Waals surface area contributed by atoms with Gasteiger partial charge in [-0.3, -0.25) is 4.79 Å². The van der Waals surface area contributed by atoms with Gasteiger partial charge in [0.2, 0.25) is 5.91 Å². The Morgan fingerprint density at radius 3 is 2.92 bits per heavy atom. The molecule has 1 amide bonds. The van der Waals surface area contributed by atoms with Crippen LogP contribution >= 0.6 is 11.6 Å². The van der Waals surface area contributed by atoms with Gasteiger partial charge in [-0.05, 0) is 48.6 Å². The molecule has 1 unspecified atom stereocenters. The molecule has 0 spiro atoms. The summed E-state index contributed by atoms with van der Waals surface area (Å²) < 4.78 is 5.13. The van der Waals surface area contributed by atoms with Crippen LogP contribution in [0.4, 0.5) is 5.69 Å². The van der Waals surface area contributed by atoms with Crippen molar-refractivity contribution in [2.45, 2.75) is 25.3 Å². The molecule has 0 aromatic heterocycles. The number of phenols is 1. The van der Waals surface area contributed by atoms with Gasteiger partial charge in [-0.1, -0.05) is 29.8 Å². The van der Waals surface area contributed by atoms with Crippen molar-refractivity contribution in [2.75, 3.05) is 18.6 Å². The monoisotopic (exact) mass is 360 g/mol. The minimum absolute atomic E-state index is 0.111.